The molecule has 25 heavy (non-hydrogen) atoms. The van der Waals surface area contributed by atoms with E-state index in [1.54, 1.807) is 13.8 Å². The first kappa shape index (κ1) is 19.0. The van der Waals surface area contributed by atoms with E-state index < -0.39 is 24.3 Å². The van der Waals surface area contributed by atoms with Crippen LogP contribution in [0.1, 0.15) is 42.6 Å². The molecule has 2 aromatic heterocycles. The number of hydrogen-bond donors (Lipinski definition) is 1. The third-order valence-corrected chi connectivity index (χ3v) is 3.96. The summed E-state index contributed by atoms with van der Waals surface area (Å²) in [5.74, 6) is -1.95. The van der Waals surface area contributed by atoms with Crippen molar-refractivity contribution in [2.24, 2.45) is 0 Å². The Kier molecular flexibility index (Phi) is 5.81. The van der Waals surface area contributed by atoms with E-state index >= 15 is 0 Å². The molecule has 0 unspecified atom stereocenters. The molecule has 1 N–H and O–H groups in total. The van der Waals surface area contributed by atoms with E-state index in [4.69, 9.17) is 27.9 Å². The van der Waals surface area contributed by atoms with Gasteiger partial charge in [0.1, 0.15) is 5.15 Å². The zero-order valence-electron chi connectivity index (χ0n) is 13.6. The fraction of sp³-hybridized carbons (Fsp3) is 0.250. The first-order valence-electron chi connectivity index (χ1n) is 7.06. The number of carbonyl (C=O) groups excluding carboxylic acids is 3. The zero-order valence-corrected chi connectivity index (χ0v) is 15.1. The van der Waals surface area contributed by atoms with Crippen LogP contribution < -0.4 is 0 Å². The number of ketones is 1. The summed E-state index contributed by atoms with van der Waals surface area (Å²) in [6, 6.07) is 2.82. The van der Waals surface area contributed by atoms with Gasteiger partial charge in [-0.05, 0) is 31.5 Å². The maximum Gasteiger partial charge on any atom is 0.359 e. The van der Waals surface area contributed by atoms with E-state index in [2.05, 4.69) is 14.7 Å². The fourth-order valence-electron chi connectivity index (χ4n) is 2.27. The topological polar surface area (TPSA) is 98.4 Å². The van der Waals surface area contributed by atoms with Crippen LogP contribution in [0.2, 0.25) is 10.2 Å². The largest absolute Gasteiger partial charge is 0.465 e. The lowest BCUT2D eigenvalue weighted by Gasteiger charge is -2.05. The van der Waals surface area contributed by atoms with Crippen molar-refractivity contribution in [1.29, 1.82) is 0 Å². The Morgan fingerprint density at radius 3 is 2.48 bits per heavy atom. The van der Waals surface area contributed by atoms with E-state index in [1.165, 1.54) is 19.2 Å². The molecule has 0 spiro atoms. The van der Waals surface area contributed by atoms with Crippen molar-refractivity contribution in [3.05, 3.63) is 50.5 Å². The molecule has 0 aromatic carbocycles. The second kappa shape index (κ2) is 7.67. The van der Waals surface area contributed by atoms with Crippen molar-refractivity contribution in [2.45, 2.75) is 13.8 Å². The van der Waals surface area contributed by atoms with E-state index in [0.717, 1.165) is 0 Å². The predicted octanol–water partition coefficient (Wildman–Crippen LogP) is 3.16. The molecule has 0 atom stereocenters. The van der Waals surface area contributed by atoms with Crippen LogP contribution in [0.25, 0.3) is 0 Å². The van der Waals surface area contributed by atoms with Crippen molar-refractivity contribution in [1.82, 2.24) is 9.97 Å². The van der Waals surface area contributed by atoms with Crippen molar-refractivity contribution >= 4 is 40.9 Å². The Morgan fingerprint density at radius 2 is 1.84 bits per heavy atom. The molecule has 0 saturated heterocycles. The first-order chi connectivity index (χ1) is 11.8. The molecule has 0 saturated carbocycles. The standard InChI is InChI=1S/C16H14Cl2N2O5/c1-7-12(15(22)24-3)8(2)19-13(7)10(21)6-25-16(23)14-9(17)4-5-11(18)20-14/h4-5,19H,6H2,1-3H3. The Balaban J connectivity index is 2.14. The van der Waals surface area contributed by atoms with Gasteiger partial charge in [0.25, 0.3) is 0 Å². The molecule has 0 aliphatic heterocycles. The monoisotopic (exact) mass is 384 g/mol. The van der Waals surface area contributed by atoms with Crippen LogP contribution in [-0.2, 0) is 9.47 Å². The number of nitrogens with zero attached hydrogens (tertiary/aromatic N) is 1. The number of halogens is 2. The van der Waals surface area contributed by atoms with Crippen molar-refractivity contribution in [3.8, 4) is 0 Å². The number of aromatic nitrogens is 2. The minimum absolute atomic E-state index is 0.0572. The van der Waals surface area contributed by atoms with Crippen molar-refractivity contribution in [2.75, 3.05) is 13.7 Å². The zero-order chi connectivity index (χ0) is 18.7. The predicted molar refractivity (Wildman–Crippen MR) is 90.5 cm³/mol. The molecule has 0 fully saturated rings. The van der Waals surface area contributed by atoms with Gasteiger partial charge in [0, 0.05) is 5.69 Å². The number of H-pyrrole nitrogens is 1. The normalized spacial score (nSPS) is 10.4. The highest BCUT2D eigenvalue weighted by molar-refractivity contribution is 6.34. The summed E-state index contributed by atoms with van der Waals surface area (Å²) in [7, 11) is 1.25. The van der Waals surface area contributed by atoms with Gasteiger partial charge in [0.15, 0.2) is 12.3 Å². The Hall–Kier alpha value is -2.38. The number of ether oxygens (including phenoxy) is 2. The van der Waals surface area contributed by atoms with Gasteiger partial charge >= 0.3 is 11.9 Å². The highest BCUT2D eigenvalue weighted by Gasteiger charge is 2.24. The van der Waals surface area contributed by atoms with Gasteiger partial charge in [-0.25, -0.2) is 14.6 Å². The highest BCUT2D eigenvalue weighted by atomic mass is 35.5. The molecule has 0 aliphatic rings. The number of hydrogen-bond acceptors (Lipinski definition) is 6. The van der Waals surface area contributed by atoms with Gasteiger partial charge in [0.2, 0.25) is 5.78 Å². The van der Waals surface area contributed by atoms with Crippen LogP contribution >= 0.6 is 23.2 Å². The summed E-state index contributed by atoms with van der Waals surface area (Å²) >= 11 is 11.6. The Morgan fingerprint density at radius 1 is 1.16 bits per heavy atom. The number of rotatable bonds is 5. The SMILES string of the molecule is COC(=O)c1c(C)[nH]c(C(=O)COC(=O)c2nc(Cl)ccc2Cl)c1C. The number of Topliss-reactive ketones (excluding diaryl/α,β-unsaturated/α-hetero) is 1. The second-order valence-electron chi connectivity index (χ2n) is 5.08. The highest BCUT2D eigenvalue weighted by Crippen LogP contribution is 2.20. The summed E-state index contributed by atoms with van der Waals surface area (Å²) in [5, 5.41) is 0.128. The van der Waals surface area contributed by atoms with Gasteiger partial charge in [-0.2, -0.15) is 0 Å². The van der Waals surface area contributed by atoms with Crippen LogP contribution in [-0.4, -0.2) is 41.4 Å². The maximum absolute atomic E-state index is 12.3. The van der Waals surface area contributed by atoms with E-state index in [0.29, 0.717) is 11.3 Å². The van der Waals surface area contributed by atoms with Gasteiger partial charge in [-0.15, -0.1) is 0 Å². The van der Waals surface area contributed by atoms with Gasteiger partial charge in [-0.1, -0.05) is 23.2 Å². The Bertz CT molecular complexity index is 860. The molecular weight excluding hydrogens is 371 g/mol. The number of methoxy groups -OCH3 is 1. The smallest absolute Gasteiger partial charge is 0.359 e. The minimum atomic E-state index is -0.880. The molecular formula is C16H14Cl2N2O5. The Labute approximate surface area is 153 Å². The van der Waals surface area contributed by atoms with Crippen LogP contribution in [0.5, 0.6) is 0 Å². The van der Waals surface area contributed by atoms with Crippen molar-refractivity contribution < 1.29 is 23.9 Å². The molecule has 9 heteroatoms. The molecule has 0 radical (unpaired) electrons. The molecule has 2 aromatic rings. The summed E-state index contributed by atoms with van der Waals surface area (Å²) in [5.41, 5.74) is 1.16. The molecule has 0 aliphatic carbocycles. The van der Waals surface area contributed by atoms with Crippen LogP contribution in [0.4, 0.5) is 0 Å². The average Bonchev–Trinajstić information content (AvgIpc) is 2.88. The second-order valence-corrected chi connectivity index (χ2v) is 5.87. The van der Waals surface area contributed by atoms with E-state index in [1.807, 2.05) is 0 Å². The lowest BCUT2D eigenvalue weighted by Crippen LogP contribution is -2.16. The third-order valence-electron chi connectivity index (χ3n) is 3.45. The summed E-state index contributed by atoms with van der Waals surface area (Å²) in [6.45, 7) is 2.68. The summed E-state index contributed by atoms with van der Waals surface area (Å²) in [4.78, 5) is 42.6. The number of aromatic amines is 1. The van der Waals surface area contributed by atoms with Crippen LogP contribution in [0.3, 0.4) is 0 Å². The van der Waals surface area contributed by atoms with Crippen molar-refractivity contribution in [3.63, 3.8) is 0 Å². The van der Waals surface area contributed by atoms with E-state index in [-0.39, 0.29) is 27.1 Å². The van der Waals surface area contributed by atoms with Crippen LogP contribution in [0, 0.1) is 13.8 Å². The molecule has 2 rings (SSSR count). The van der Waals surface area contributed by atoms with Gasteiger partial charge in [-0.3, -0.25) is 4.79 Å². The maximum atomic E-state index is 12.3. The summed E-state index contributed by atoms with van der Waals surface area (Å²) in [6.07, 6.45) is 0. The minimum Gasteiger partial charge on any atom is -0.465 e. The lowest BCUT2D eigenvalue weighted by molar-refractivity contribution is 0.0467. The number of carbonyl (C=O) groups is 3. The number of nitrogens with one attached hydrogen (secondary N) is 1. The molecule has 0 bridgehead atoms. The van der Waals surface area contributed by atoms with Gasteiger partial charge < -0.3 is 14.5 Å². The van der Waals surface area contributed by atoms with Crippen LogP contribution in [0.15, 0.2) is 12.1 Å². The molecule has 2 heterocycles. The lowest BCUT2D eigenvalue weighted by atomic mass is 10.1. The summed E-state index contributed by atoms with van der Waals surface area (Å²) < 4.78 is 9.62. The number of aryl methyl sites for hydroxylation is 1. The van der Waals surface area contributed by atoms with Gasteiger partial charge in [0.05, 0.1) is 23.4 Å². The third kappa shape index (κ3) is 4.00. The number of pyridine rings is 1. The molecule has 132 valence electrons. The van der Waals surface area contributed by atoms with E-state index in [9.17, 15) is 14.4 Å². The fourth-order valence-corrected chi connectivity index (χ4v) is 2.60. The average molecular weight is 385 g/mol. The molecule has 7 nitrogen and oxygen atoms in total. The first-order valence-corrected chi connectivity index (χ1v) is 7.81. The quantitative estimate of drug-likeness (QED) is 0.482. The molecule has 0 amide bonds. The number of esters is 2.